The van der Waals surface area contributed by atoms with Crippen LogP contribution in [0.3, 0.4) is 0 Å². The van der Waals surface area contributed by atoms with E-state index in [1.54, 1.807) is 17.0 Å². The molecule has 1 aliphatic rings. The average Bonchev–Trinajstić information content (AvgIpc) is 2.78. The summed E-state index contributed by atoms with van der Waals surface area (Å²) in [4.78, 5) is 17.1. The second kappa shape index (κ2) is 9.41. The Bertz CT molecular complexity index is 1120. The average molecular weight is 471 g/mol. The molecular formula is C25H24Cl2N2O3. The third kappa shape index (κ3) is 4.70. The van der Waals surface area contributed by atoms with E-state index in [0.717, 1.165) is 16.8 Å². The summed E-state index contributed by atoms with van der Waals surface area (Å²) in [6, 6.07) is 19.4. The molecule has 7 heteroatoms. The zero-order chi connectivity index (χ0) is 22.8. The summed E-state index contributed by atoms with van der Waals surface area (Å²) in [5, 5.41) is 21.7. The number of carbonyl (C=O) groups excluding carboxylic acids is 1. The summed E-state index contributed by atoms with van der Waals surface area (Å²) in [5.41, 5.74) is 3.49. The number of phenolic OH excluding ortho intramolecular Hbond substituents is 1. The van der Waals surface area contributed by atoms with Crippen LogP contribution in [0.15, 0.2) is 66.7 Å². The number of nitrogens with zero attached hydrogens (tertiary/aromatic N) is 2. The summed E-state index contributed by atoms with van der Waals surface area (Å²) in [7, 11) is 0. The number of aliphatic hydroxyl groups is 1. The molecule has 0 radical (unpaired) electrons. The van der Waals surface area contributed by atoms with Crippen LogP contribution < -0.4 is 4.90 Å². The van der Waals surface area contributed by atoms with Gasteiger partial charge in [-0.05, 0) is 66.1 Å². The monoisotopic (exact) mass is 470 g/mol. The fourth-order valence-corrected chi connectivity index (χ4v) is 4.55. The number of rotatable bonds is 4. The SMILES string of the molecule is Cc1cc(Cl)ccc1N1CCN(C(=O)C(O)c2cccc(O)c2)C[C@H]1c1ccc(Cl)cc1. The van der Waals surface area contributed by atoms with E-state index < -0.39 is 6.10 Å². The number of aliphatic hydroxyl groups excluding tert-OH is 1. The molecule has 1 amide bonds. The molecule has 32 heavy (non-hydrogen) atoms. The highest BCUT2D eigenvalue weighted by atomic mass is 35.5. The maximum Gasteiger partial charge on any atom is 0.256 e. The third-order valence-electron chi connectivity index (χ3n) is 5.83. The second-order valence-electron chi connectivity index (χ2n) is 7.97. The van der Waals surface area contributed by atoms with E-state index in [1.165, 1.54) is 12.1 Å². The van der Waals surface area contributed by atoms with Gasteiger partial charge < -0.3 is 20.0 Å². The van der Waals surface area contributed by atoms with Gasteiger partial charge in [0.2, 0.25) is 0 Å². The molecule has 2 N–H and O–H groups in total. The number of piperazine rings is 1. The van der Waals surface area contributed by atoms with Crippen molar-refractivity contribution in [3.05, 3.63) is 93.5 Å². The maximum absolute atomic E-state index is 13.1. The van der Waals surface area contributed by atoms with Crippen LogP contribution in [0.4, 0.5) is 5.69 Å². The van der Waals surface area contributed by atoms with Crippen molar-refractivity contribution in [2.75, 3.05) is 24.5 Å². The largest absolute Gasteiger partial charge is 0.508 e. The molecule has 0 spiro atoms. The number of benzene rings is 3. The first-order valence-corrected chi connectivity index (χ1v) is 11.1. The standard InChI is InChI=1S/C25H24Cl2N2O3/c1-16-13-20(27)9-10-22(16)29-12-11-28(15-23(29)17-5-7-19(26)8-6-17)25(32)24(31)18-3-2-4-21(30)14-18/h2-10,13-14,23-24,30-31H,11-12,15H2,1H3/t23-,24?/m0/s1. The maximum atomic E-state index is 13.1. The highest BCUT2D eigenvalue weighted by Gasteiger charge is 2.34. The molecule has 1 saturated heterocycles. The molecule has 1 heterocycles. The second-order valence-corrected chi connectivity index (χ2v) is 8.85. The molecular weight excluding hydrogens is 447 g/mol. The molecule has 4 rings (SSSR count). The van der Waals surface area contributed by atoms with Crippen molar-refractivity contribution in [2.24, 2.45) is 0 Å². The first kappa shape index (κ1) is 22.5. The quantitative estimate of drug-likeness (QED) is 0.554. The van der Waals surface area contributed by atoms with Gasteiger partial charge in [-0.25, -0.2) is 0 Å². The third-order valence-corrected chi connectivity index (χ3v) is 6.32. The van der Waals surface area contributed by atoms with Crippen LogP contribution in [0.5, 0.6) is 5.75 Å². The number of anilines is 1. The molecule has 1 fully saturated rings. The zero-order valence-electron chi connectivity index (χ0n) is 17.6. The lowest BCUT2D eigenvalue weighted by Gasteiger charge is -2.44. The Hall–Kier alpha value is -2.73. The van der Waals surface area contributed by atoms with Crippen LogP contribution in [-0.2, 0) is 4.79 Å². The van der Waals surface area contributed by atoms with Crippen molar-refractivity contribution >= 4 is 34.8 Å². The summed E-state index contributed by atoms with van der Waals surface area (Å²) in [6.45, 7) is 3.47. The topological polar surface area (TPSA) is 64.0 Å². The van der Waals surface area contributed by atoms with E-state index >= 15 is 0 Å². The Morgan fingerprint density at radius 1 is 1.00 bits per heavy atom. The zero-order valence-corrected chi connectivity index (χ0v) is 19.1. The summed E-state index contributed by atoms with van der Waals surface area (Å²) in [5.74, 6) is -0.376. The van der Waals surface area contributed by atoms with Gasteiger partial charge in [-0.15, -0.1) is 0 Å². The van der Waals surface area contributed by atoms with Gasteiger partial charge in [-0.2, -0.15) is 0 Å². The van der Waals surface area contributed by atoms with Gasteiger partial charge >= 0.3 is 0 Å². The Kier molecular flexibility index (Phi) is 6.60. The molecule has 0 bridgehead atoms. The van der Waals surface area contributed by atoms with E-state index in [-0.39, 0.29) is 17.7 Å². The minimum absolute atomic E-state index is 0.0106. The highest BCUT2D eigenvalue weighted by Crippen LogP contribution is 2.35. The Balaban J connectivity index is 1.64. The minimum atomic E-state index is -1.34. The molecule has 166 valence electrons. The van der Waals surface area contributed by atoms with E-state index in [1.807, 2.05) is 49.4 Å². The van der Waals surface area contributed by atoms with E-state index in [0.29, 0.717) is 35.2 Å². The van der Waals surface area contributed by atoms with Crippen molar-refractivity contribution in [1.29, 1.82) is 0 Å². The summed E-state index contributed by atoms with van der Waals surface area (Å²) in [6.07, 6.45) is -1.34. The molecule has 0 aliphatic carbocycles. The molecule has 3 aromatic rings. The normalized spacial score (nSPS) is 17.3. The Morgan fingerprint density at radius 2 is 1.72 bits per heavy atom. The summed E-state index contributed by atoms with van der Waals surface area (Å²) < 4.78 is 0. The lowest BCUT2D eigenvalue weighted by molar-refractivity contribution is -0.141. The Morgan fingerprint density at radius 3 is 2.41 bits per heavy atom. The van der Waals surface area contributed by atoms with Gasteiger partial charge in [-0.3, -0.25) is 4.79 Å². The molecule has 5 nitrogen and oxygen atoms in total. The first-order chi connectivity index (χ1) is 15.3. The number of aromatic hydroxyl groups is 1. The van der Waals surface area contributed by atoms with Crippen LogP contribution in [0.1, 0.15) is 28.8 Å². The first-order valence-electron chi connectivity index (χ1n) is 10.4. The van der Waals surface area contributed by atoms with Crippen molar-refractivity contribution in [1.82, 2.24) is 4.90 Å². The van der Waals surface area contributed by atoms with Crippen LogP contribution in [0, 0.1) is 6.92 Å². The summed E-state index contributed by atoms with van der Waals surface area (Å²) >= 11 is 12.3. The molecule has 3 aromatic carbocycles. The van der Waals surface area contributed by atoms with Crippen LogP contribution in [0.25, 0.3) is 0 Å². The molecule has 0 saturated carbocycles. The fourth-order valence-electron chi connectivity index (χ4n) is 4.19. The van der Waals surface area contributed by atoms with Gasteiger partial charge in [0.1, 0.15) is 5.75 Å². The number of hydrogen-bond acceptors (Lipinski definition) is 4. The van der Waals surface area contributed by atoms with Gasteiger partial charge in [0.05, 0.1) is 6.04 Å². The molecule has 1 unspecified atom stereocenters. The smallest absolute Gasteiger partial charge is 0.256 e. The number of phenols is 1. The number of aryl methyl sites for hydroxylation is 1. The van der Waals surface area contributed by atoms with Gasteiger partial charge in [-0.1, -0.05) is 47.5 Å². The van der Waals surface area contributed by atoms with Crippen molar-refractivity contribution in [2.45, 2.75) is 19.1 Å². The van der Waals surface area contributed by atoms with Gasteiger partial charge in [0, 0.05) is 35.4 Å². The van der Waals surface area contributed by atoms with Gasteiger partial charge in [0.25, 0.3) is 5.91 Å². The van der Waals surface area contributed by atoms with Crippen molar-refractivity contribution < 1.29 is 15.0 Å². The predicted octanol–water partition coefficient (Wildman–Crippen LogP) is 5.13. The van der Waals surface area contributed by atoms with E-state index in [4.69, 9.17) is 23.2 Å². The highest BCUT2D eigenvalue weighted by molar-refractivity contribution is 6.31. The van der Waals surface area contributed by atoms with Crippen LogP contribution in [-0.4, -0.2) is 40.7 Å². The lowest BCUT2D eigenvalue weighted by Crippen LogP contribution is -2.52. The molecule has 2 atom stereocenters. The number of hydrogen-bond donors (Lipinski definition) is 2. The predicted molar refractivity (Wildman–Crippen MR) is 127 cm³/mol. The van der Waals surface area contributed by atoms with Crippen molar-refractivity contribution in [3.8, 4) is 5.75 Å². The van der Waals surface area contributed by atoms with Crippen LogP contribution >= 0.6 is 23.2 Å². The lowest BCUT2D eigenvalue weighted by atomic mass is 9.99. The Labute approximate surface area is 197 Å². The van der Waals surface area contributed by atoms with Crippen molar-refractivity contribution in [3.63, 3.8) is 0 Å². The number of amides is 1. The van der Waals surface area contributed by atoms with Gasteiger partial charge in [0.15, 0.2) is 6.10 Å². The van der Waals surface area contributed by atoms with Crippen LogP contribution in [0.2, 0.25) is 10.0 Å². The minimum Gasteiger partial charge on any atom is -0.508 e. The van der Waals surface area contributed by atoms with E-state index in [2.05, 4.69) is 4.90 Å². The number of halogens is 2. The fraction of sp³-hybridized carbons (Fsp3) is 0.240. The number of carbonyl (C=O) groups is 1. The molecule has 1 aliphatic heterocycles. The molecule has 0 aromatic heterocycles. The van der Waals surface area contributed by atoms with E-state index in [9.17, 15) is 15.0 Å².